The van der Waals surface area contributed by atoms with E-state index in [1.54, 1.807) is 12.1 Å². The van der Waals surface area contributed by atoms with Gasteiger partial charge in [0.25, 0.3) is 0 Å². The molecule has 1 aromatic rings. The maximum atomic E-state index is 12.3. The van der Waals surface area contributed by atoms with Crippen LogP contribution >= 0.6 is 0 Å². The van der Waals surface area contributed by atoms with Crippen molar-refractivity contribution in [3.05, 3.63) is 24.3 Å². The molecule has 0 radical (unpaired) electrons. The van der Waals surface area contributed by atoms with E-state index in [0.29, 0.717) is 0 Å². The number of rotatable bonds is 3. The summed E-state index contributed by atoms with van der Waals surface area (Å²) in [5.74, 6) is -0.204. The molecule has 2 rings (SSSR count). The lowest BCUT2D eigenvalue weighted by Crippen LogP contribution is -2.40. The molecule has 0 bridgehead atoms. The molecule has 1 atom stereocenters. The van der Waals surface area contributed by atoms with Crippen LogP contribution in [0.1, 0.15) is 39.5 Å². The van der Waals surface area contributed by atoms with Crippen molar-refractivity contribution < 1.29 is 13.5 Å². The molecule has 1 fully saturated rings. The first kappa shape index (κ1) is 14.3. The third-order valence-electron chi connectivity index (χ3n) is 3.68. The van der Waals surface area contributed by atoms with Crippen molar-refractivity contribution in [2.75, 3.05) is 0 Å². The average Bonchev–Trinajstić information content (AvgIpc) is 2.27. The first-order valence-corrected chi connectivity index (χ1v) is 8.09. The molecule has 0 amide bonds. The van der Waals surface area contributed by atoms with Crippen LogP contribution in [0.2, 0.25) is 0 Å². The Hall–Kier alpha value is -1.07. The molecular weight excluding hydrogens is 262 g/mol. The molecule has 1 saturated carbocycles. The summed E-state index contributed by atoms with van der Waals surface area (Å²) in [5.41, 5.74) is 0.171. The van der Waals surface area contributed by atoms with E-state index in [-0.39, 0.29) is 22.1 Å². The molecule has 4 nitrogen and oxygen atoms in total. The molecular formula is C14H21NO3S. The highest BCUT2D eigenvalue weighted by atomic mass is 32.2. The smallest absolute Gasteiger partial charge is 0.244 e. The highest BCUT2D eigenvalue weighted by Gasteiger charge is 2.31. The van der Waals surface area contributed by atoms with Crippen molar-refractivity contribution >= 4 is 10.0 Å². The average molecular weight is 283 g/mol. The SMILES string of the molecule is CC1(C)CCCC(NS(=O)(=O)c2ccccc2O)C1. The Kier molecular flexibility index (Phi) is 3.87. The van der Waals surface area contributed by atoms with E-state index in [0.717, 1.165) is 25.7 Å². The second-order valence-electron chi connectivity index (χ2n) is 6.05. The largest absolute Gasteiger partial charge is 0.507 e. The van der Waals surface area contributed by atoms with E-state index in [4.69, 9.17) is 0 Å². The number of hydrogen-bond acceptors (Lipinski definition) is 3. The summed E-state index contributed by atoms with van der Waals surface area (Å²) < 4.78 is 27.2. The van der Waals surface area contributed by atoms with Crippen LogP contribution < -0.4 is 4.72 Å². The van der Waals surface area contributed by atoms with Gasteiger partial charge < -0.3 is 5.11 Å². The van der Waals surface area contributed by atoms with Gasteiger partial charge in [0.15, 0.2) is 0 Å². The van der Waals surface area contributed by atoms with Gasteiger partial charge in [-0.05, 0) is 36.8 Å². The molecule has 1 aliphatic rings. The Morgan fingerprint density at radius 3 is 2.63 bits per heavy atom. The summed E-state index contributed by atoms with van der Waals surface area (Å²) in [7, 11) is -3.64. The van der Waals surface area contributed by atoms with Crippen molar-refractivity contribution in [1.82, 2.24) is 4.72 Å². The zero-order valence-corrected chi connectivity index (χ0v) is 12.2. The molecule has 19 heavy (non-hydrogen) atoms. The van der Waals surface area contributed by atoms with Crippen LogP contribution in [0.25, 0.3) is 0 Å². The third-order valence-corrected chi connectivity index (χ3v) is 5.25. The van der Waals surface area contributed by atoms with Crippen molar-refractivity contribution in [3.8, 4) is 5.75 Å². The minimum Gasteiger partial charge on any atom is -0.507 e. The number of phenols is 1. The van der Waals surface area contributed by atoms with Crippen LogP contribution in [0, 0.1) is 5.41 Å². The zero-order chi connectivity index (χ0) is 14.1. The van der Waals surface area contributed by atoms with E-state index in [1.807, 2.05) is 0 Å². The predicted molar refractivity (Wildman–Crippen MR) is 74.5 cm³/mol. The second-order valence-corrected chi connectivity index (χ2v) is 7.73. The minimum absolute atomic E-state index is 0.0432. The van der Waals surface area contributed by atoms with Crippen molar-refractivity contribution in [3.63, 3.8) is 0 Å². The monoisotopic (exact) mass is 283 g/mol. The fourth-order valence-electron chi connectivity index (χ4n) is 2.77. The lowest BCUT2D eigenvalue weighted by Gasteiger charge is -2.35. The lowest BCUT2D eigenvalue weighted by molar-refractivity contribution is 0.212. The molecule has 0 aliphatic heterocycles. The van der Waals surface area contributed by atoms with E-state index in [9.17, 15) is 13.5 Å². The van der Waals surface area contributed by atoms with Gasteiger partial charge in [0, 0.05) is 6.04 Å². The Bertz CT molecular complexity index is 552. The highest BCUT2D eigenvalue weighted by molar-refractivity contribution is 7.89. The molecule has 5 heteroatoms. The number of sulfonamides is 1. The minimum atomic E-state index is -3.64. The van der Waals surface area contributed by atoms with Crippen LogP contribution in [-0.2, 0) is 10.0 Å². The first-order chi connectivity index (χ1) is 8.80. The summed E-state index contributed by atoms with van der Waals surface area (Å²) in [6.45, 7) is 4.32. The van der Waals surface area contributed by atoms with Gasteiger partial charge in [-0.1, -0.05) is 32.4 Å². The van der Waals surface area contributed by atoms with Crippen molar-refractivity contribution in [2.45, 2.75) is 50.5 Å². The maximum Gasteiger partial charge on any atom is 0.244 e. The summed E-state index contributed by atoms with van der Waals surface area (Å²) in [6, 6.07) is 5.98. The molecule has 106 valence electrons. The Morgan fingerprint density at radius 2 is 2.00 bits per heavy atom. The van der Waals surface area contributed by atoms with Gasteiger partial charge in [-0.25, -0.2) is 13.1 Å². The normalized spacial score (nSPS) is 23.2. The number of benzene rings is 1. The second kappa shape index (κ2) is 5.13. The maximum absolute atomic E-state index is 12.3. The summed E-state index contributed by atoms with van der Waals surface area (Å²) >= 11 is 0. The Morgan fingerprint density at radius 1 is 1.32 bits per heavy atom. The number of hydrogen-bond donors (Lipinski definition) is 2. The lowest BCUT2D eigenvalue weighted by atomic mass is 9.75. The Balaban J connectivity index is 2.16. The first-order valence-electron chi connectivity index (χ1n) is 6.60. The van der Waals surface area contributed by atoms with E-state index in [1.165, 1.54) is 12.1 Å². The van der Waals surface area contributed by atoms with Gasteiger partial charge in [0.1, 0.15) is 10.6 Å². The molecule has 0 spiro atoms. The van der Waals surface area contributed by atoms with E-state index >= 15 is 0 Å². The quantitative estimate of drug-likeness (QED) is 0.896. The molecule has 1 unspecified atom stereocenters. The predicted octanol–water partition coefficient (Wildman–Crippen LogP) is 2.64. The van der Waals surface area contributed by atoms with Gasteiger partial charge in [0.2, 0.25) is 10.0 Å². The summed E-state index contributed by atoms with van der Waals surface area (Å²) in [6.07, 6.45) is 3.85. The van der Waals surface area contributed by atoms with Crippen LogP contribution in [0.5, 0.6) is 5.75 Å². The highest BCUT2D eigenvalue weighted by Crippen LogP contribution is 2.35. The standard InChI is InChI=1S/C14H21NO3S/c1-14(2)9-5-6-11(10-14)15-19(17,18)13-8-4-3-7-12(13)16/h3-4,7-8,11,15-16H,5-6,9-10H2,1-2H3. The number of phenolic OH excluding ortho intramolecular Hbond substituents is 1. The molecule has 1 aliphatic carbocycles. The molecule has 0 heterocycles. The van der Waals surface area contributed by atoms with Crippen LogP contribution in [-0.4, -0.2) is 19.6 Å². The molecule has 1 aromatic carbocycles. The molecule has 0 saturated heterocycles. The Labute approximate surface area is 114 Å². The van der Waals surface area contributed by atoms with Crippen LogP contribution in [0.15, 0.2) is 29.2 Å². The summed E-state index contributed by atoms with van der Waals surface area (Å²) in [4.78, 5) is -0.0432. The van der Waals surface area contributed by atoms with Crippen LogP contribution in [0.3, 0.4) is 0 Å². The third kappa shape index (κ3) is 3.48. The van der Waals surface area contributed by atoms with Gasteiger partial charge in [-0.15, -0.1) is 0 Å². The van der Waals surface area contributed by atoms with E-state index in [2.05, 4.69) is 18.6 Å². The molecule has 0 aromatic heterocycles. The number of nitrogens with one attached hydrogen (secondary N) is 1. The van der Waals surface area contributed by atoms with Crippen molar-refractivity contribution in [2.24, 2.45) is 5.41 Å². The number of aromatic hydroxyl groups is 1. The van der Waals surface area contributed by atoms with Gasteiger partial charge in [0.05, 0.1) is 0 Å². The summed E-state index contributed by atoms with van der Waals surface area (Å²) in [5, 5.41) is 9.66. The van der Waals surface area contributed by atoms with Gasteiger partial charge in [-0.2, -0.15) is 0 Å². The van der Waals surface area contributed by atoms with Crippen molar-refractivity contribution in [1.29, 1.82) is 0 Å². The zero-order valence-electron chi connectivity index (χ0n) is 11.4. The number of para-hydroxylation sites is 1. The van der Waals surface area contributed by atoms with Crippen LogP contribution in [0.4, 0.5) is 0 Å². The van der Waals surface area contributed by atoms with Gasteiger partial charge in [-0.3, -0.25) is 0 Å². The van der Waals surface area contributed by atoms with E-state index < -0.39 is 10.0 Å². The fourth-order valence-corrected chi connectivity index (χ4v) is 4.13. The molecule has 2 N–H and O–H groups in total. The van der Waals surface area contributed by atoms with Gasteiger partial charge >= 0.3 is 0 Å². The topological polar surface area (TPSA) is 66.4 Å². The fraction of sp³-hybridized carbons (Fsp3) is 0.571.